The first-order chi connectivity index (χ1) is 9.41. The van der Waals surface area contributed by atoms with Crippen molar-refractivity contribution in [1.82, 2.24) is 4.98 Å². The van der Waals surface area contributed by atoms with Crippen LogP contribution in [0.25, 0.3) is 0 Å². The molecule has 1 N–H and O–H groups in total. The number of thiazole rings is 1. The lowest BCUT2D eigenvalue weighted by Crippen LogP contribution is -2.15. The fraction of sp³-hybridized carbons (Fsp3) is 0.438. The van der Waals surface area contributed by atoms with Gasteiger partial charge in [-0.3, -0.25) is 0 Å². The van der Waals surface area contributed by atoms with Crippen molar-refractivity contribution in [3.8, 4) is 5.75 Å². The molecule has 0 aliphatic heterocycles. The van der Waals surface area contributed by atoms with Crippen molar-refractivity contribution < 1.29 is 9.84 Å². The molecule has 0 spiro atoms. The van der Waals surface area contributed by atoms with E-state index in [1.165, 1.54) is 11.3 Å². The van der Waals surface area contributed by atoms with E-state index < -0.39 is 5.60 Å². The number of para-hydroxylation sites is 1. The van der Waals surface area contributed by atoms with E-state index in [1.54, 1.807) is 13.8 Å². The van der Waals surface area contributed by atoms with E-state index in [0.717, 1.165) is 33.3 Å². The molecule has 0 radical (unpaired) electrons. The Hall–Kier alpha value is -1.39. The second-order valence-corrected chi connectivity index (χ2v) is 6.43. The summed E-state index contributed by atoms with van der Waals surface area (Å²) in [6.07, 6.45) is 0.820. The average molecular weight is 291 g/mol. The van der Waals surface area contributed by atoms with Crippen LogP contribution in [0, 0.1) is 6.92 Å². The zero-order chi connectivity index (χ0) is 14.8. The maximum atomic E-state index is 10.2. The third kappa shape index (κ3) is 3.38. The number of aryl methyl sites for hydroxylation is 2. The SMILES string of the molecule is CCc1nc(COc2ccccc2C)sc1C(C)(C)O. The Labute approximate surface area is 124 Å². The number of hydrogen-bond donors (Lipinski definition) is 1. The van der Waals surface area contributed by atoms with Crippen LogP contribution in [0.2, 0.25) is 0 Å². The Balaban J connectivity index is 2.15. The number of hydrogen-bond acceptors (Lipinski definition) is 4. The third-order valence-corrected chi connectivity index (χ3v) is 4.46. The Bertz CT molecular complexity index is 584. The zero-order valence-electron chi connectivity index (χ0n) is 12.4. The molecule has 3 nitrogen and oxygen atoms in total. The van der Waals surface area contributed by atoms with Crippen LogP contribution in [0.5, 0.6) is 5.75 Å². The number of ether oxygens (including phenoxy) is 1. The monoisotopic (exact) mass is 291 g/mol. The van der Waals surface area contributed by atoms with Crippen molar-refractivity contribution in [2.45, 2.75) is 46.3 Å². The van der Waals surface area contributed by atoms with Gasteiger partial charge in [-0.15, -0.1) is 11.3 Å². The predicted octanol–water partition coefficient (Wildman–Crippen LogP) is 3.82. The molecule has 1 aromatic heterocycles. The lowest BCUT2D eigenvalue weighted by atomic mass is 10.1. The van der Waals surface area contributed by atoms with Crippen LogP contribution in [0.3, 0.4) is 0 Å². The van der Waals surface area contributed by atoms with Crippen LogP contribution in [-0.2, 0) is 18.6 Å². The van der Waals surface area contributed by atoms with E-state index in [1.807, 2.05) is 31.2 Å². The molecule has 0 saturated carbocycles. The van der Waals surface area contributed by atoms with Gasteiger partial charge in [-0.25, -0.2) is 4.98 Å². The molecule has 0 atom stereocenters. The van der Waals surface area contributed by atoms with E-state index in [9.17, 15) is 5.11 Å². The molecular formula is C16H21NO2S. The highest BCUT2D eigenvalue weighted by molar-refractivity contribution is 7.11. The molecule has 0 aliphatic rings. The van der Waals surface area contributed by atoms with Gasteiger partial charge in [0.15, 0.2) is 0 Å². The fourth-order valence-electron chi connectivity index (χ4n) is 2.04. The Morgan fingerprint density at radius 1 is 1.30 bits per heavy atom. The molecule has 0 bridgehead atoms. The molecule has 4 heteroatoms. The van der Waals surface area contributed by atoms with Crippen LogP contribution in [0.15, 0.2) is 24.3 Å². The number of aromatic nitrogens is 1. The molecule has 0 saturated heterocycles. The summed E-state index contributed by atoms with van der Waals surface area (Å²) in [4.78, 5) is 5.51. The standard InChI is InChI=1S/C16H21NO2S/c1-5-12-15(16(3,4)18)20-14(17-12)10-19-13-9-7-6-8-11(13)2/h6-9,18H,5,10H2,1-4H3. The van der Waals surface area contributed by atoms with E-state index >= 15 is 0 Å². The minimum Gasteiger partial charge on any atom is -0.486 e. The maximum absolute atomic E-state index is 10.2. The Morgan fingerprint density at radius 2 is 2.00 bits per heavy atom. The van der Waals surface area contributed by atoms with Crippen LogP contribution < -0.4 is 4.74 Å². The van der Waals surface area contributed by atoms with Gasteiger partial charge in [-0.2, -0.15) is 0 Å². The van der Waals surface area contributed by atoms with Crippen molar-refractivity contribution in [2.75, 3.05) is 0 Å². The van der Waals surface area contributed by atoms with Gasteiger partial charge in [0.2, 0.25) is 0 Å². The molecule has 0 unspecified atom stereocenters. The highest BCUT2D eigenvalue weighted by Gasteiger charge is 2.24. The summed E-state index contributed by atoms with van der Waals surface area (Å²) in [5.74, 6) is 0.880. The van der Waals surface area contributed by atoms with Gasteiger partial charge < -0.3 is 9.84 Å². The molecule has 0 amide bonds. The van der Waals surface area contributed by atoms with Gasteiger partial charge in [0, 0.05) is 0 Å². The molecule has 2 rings (SSSR count). The minimum absolute atomic E-state index is 0.443. The summed E-state index contributed by atoms with van der Waals surface area (Å²) < 4.78 is 5.81. The molecular weight excluding hydrogens is 270 g/mol. The second kappa shape index (κ2) is 5.94. The van der Waals surface area contributed by atoms with Crippen LogP contribution in [-0.4, -0.2) is 10.1 Å². The Kier molecular flexibility index (Phi) is 4.45. The molecule has 2 aromatic rings. The lowest BCUT2D eigenvalue weighted by molar-refractivity contribution is 0.0814. The summed E-state index contributed by atoms with van der Waals surface area (Å²) in [5, 5.41) is 11.1. The summed E-state index contributed by atoms with van der Waals surface area (Å²) in [6.45, 7) is 8.11. The van der Waals surface area contributed by atoms with Gasteiger partial charge >= 0.3 is 0 Å². The van der Waals surface area contributed by atoms with Crippen molar-refractivity contribution >= 4 is 11.3 Å². The van der Waals surface area contributed by atoms with Crippen LogP contribution >= 0.6 is 11.3 Å². The van der Waals surface area contributed by atoms with Crippen molar-refractivity contribution in [1.29, 1.82) is 0 Å². The molecule has 1 heterocycles. The molecule has 0 fully saturated rings. The van der Waals surface area contributed by atoms with Crippen LogP contribution in [0.4, 0.5) is 0 Å². The van der Waals surface area contributed by atoms with Crippen LogP contribution in [0.1, 0.15) is 41.9 Å². The summed E-state index contributed by atoms with van der Waals surface area (Å²) in [5.41, 5.74) is 1.23. The van der Waals surface area contributed by atoms with Gasteiger partial charge in [-0.05, 0) is 38.8 Å². The predicted molar refractivity (Wildman–Crippen MR) is 82.2 cm³/mol. The first kappa shape index (κ1) is 15.0. The maximum Gasteiger partial charge on any atom is 0.140 e. The first-order valence-corrected chi connectivity index (χ1v) is 7.63. The number of nitrogens with zero attached hydrogens (tertiary/aromatic N) is 1. The van der Waals surface area contributed by atoms with E-state index in [2.05, 4.69) is 11.9 Å². The highest BCUT2D eigenvalue weighted by atomic mass is 32.1. The molecule has 20 heavy (non-hydrogen) atoms. The lowest BCUT2D eigenvalue weighted by Gasteiger charge is -2.15. The van der Waals surface area contributed by atoms with E-state index in [-0.39, 0.29) is 0 Å². The van der Waals surface area contributed by atoms with E-state index in [0.29, 0.717) is 6.61 Å². The van der Waals surface area contributed by atoms with Crippen molar-refractivity contribution in [3.05, 3.63) is 45.4 Å². The summed E-state index contributed by atoms with van der Waals surface area (Å²) in [7, 11) is 0. The molecule has 0 aliphatic carbocycles. The summed E-state index contributed by atoms with van der Waals surface area (Å²) in [6, 6.07) is 7.94. The summed E-state index contributed by atoms with van der Waals surface area (Å²) >= 11 is 1.53. The largest absolute Gasteiger partial charge is 0.486 e. The highest BCUT2D eigenvalue weighted by Crippen LogP contribution is 2.31. The molecule has 1 aromatic carbocycles. The second-order valence-electron chi connectivity index (χ2n) is 5.35. The number of benzene rings is 1. The van der Waals surface area contributed by atoms with Gasteiger partial charge in [0.05, 0.1) is 16.2 Å². The van der Waals surface area contributed by atoms with E-state index in [4.69, 9.17) is 4.74 Å². The number of aliphatic hydroxyl groups is 1. The third-order valence-electron chi connectivity index (χ3n) is 3.08. The van der Waals surface area contributed by atoms with Gasteiger partial charge in [0.25, 0.3) is 0 Å². The molecule has 108 valence electrons. The van der Waals surface area contributed by atoms with Gasteiger partial charge in [0.1, 0.15) is 17.4 Å². The topological polar surface area (TPSA) is 42.4 Å². The smallest absolute Gasteiger partial charge is 0.140 e. The van der Waals surface area contributed by atoms with Gasteiger partial charge in [-0.1, -0.05) is 25.1 Å². The zero-order valence-corrected chi connectivity index (χ0v) is 13.3. The van der Waals surface area contributed by atoms with Crippen molar-refractivity contribution in [3.63, 3.8) is 0 Å². The Morgan fingerprint density at radius 3 is 2.55 bits per heavy atom. The average Bonchev–Trinajstić information content (AvgIpc) is 2.81. The number of rotatable bonds is 5. The normalized spacial score (nSPS) is 11.7. The first-order valence-electron chi connectivity index (χ1n) is 6.81. The minimum atomic E-state index is -0.843. The van der Waals surface area contributed by atoms with Crippen molar-refractivity contribution in [2.24, 2.45) is 0 Å². The quantitative estimate of drug-likeness (QED) is 0.910. The fourth-order valence-corrected chi connectivity index (χ4v) is 3.10.